The highest BCUT2D eigenvalue weighted by molar-refractivity contribution is 5.81. The predicted octanol–water partition coefficient (Wildman–Crippen LogP) is 1.59. The van der Waals surface area contributed by atoms with E-state index in [0.717, 1.165) is 25.7 Å². The van der Waals surface area contributed by atoms with Gasteiger partial charge in [-0.25, -0.2) is 0 Å². The van der Waals surface area contributed by atoms with Crippen molar-refractivity contribution in [2.45, 2.75) is 71.4 Å². The van der Waals surface area contributed by atoms with Gasteiger partial charge in [-0.15, -0.1) is 0 Å². The minimum Gasteiger partial charge on any atom is -0.379 e. The summed E-state index contributed by atoms with van der Waals surface area (Å²) in [5, 5.41) is 5.71. The average Bonchev–Trinajstić information content (AvgIpc) is 2.62. The maximum Gasteiger partial charge on any atom is 0.246 e. The number of hydrogen-bond donors (Lipinski definition) is 2. The molecule has 1 rings (SSSR count). The van der Waals surface area contributed by atoms with Crippen molar-refractivity contribution in [1.29, 1.82) is 0 Å². The molecular formula is C19H34N2O5. The van der Waals surface area contributed by atoms with E-state index in [4.69, 9.17) is 9.47 Å². The highest BCUT2D eigenvalue weighted by Gasteiger charge is 2.25. The van der Waals surface area contributed by atoms with Crippen LogP contribution in [0.4, 0.5) is 0 Å². The van der Waals surface area contributed by atoms with Crippen molar-refractivity contribution in [2.75, 3.05) is 26.4 Å². The SMILES string of the molecule is CCC(=O)C1CCC(NC(=O)CCOCCNC(=O)COC(C)C)CC1. The van der Waals surface area contributed by atoms with E-state index in [0.29, 0.717) is 38.4 Å². The van der Waals surface area contributed by atoms with Gasteiger partial charge in [-0.3, -0.25) is 14.4 Å². The van der Waals surface area contributed by atoms with Crippen LogP contribution in [-0.2, 0) is 23.9 Å². The topological polar surface area (TPSA) is 93.7 Å². The summed E-state index contributed by atoms with van der Waals surface area (Å²) in [6.45, 7) is 6.79. The summed E-state index contributed by atoms with van der Waals surface area (Å²) in [6, 6.07) is 0.170. The molecule has 2 N–H and O–H groups in total. The van der Waals surface area contributed by atoms with Crippen molar-refractivity contribution in [3.05, 3.63) is 0 Å². The van der Waals surface area contributed by atoms with E-state index in [1.807, 2.05) is 20.8 Å². The van der Waals surface area contributed by atoms with Gasteiger partial charge in [0.1, 0.15) is 12.4 Å². The Morgan fingerprint density at radius 1 is 1.04 bits per heavy atom. The van der Waals surface area contributed by atoms with E-state index < -0.39 is 0 Å². The van der Waals surface area contributed by atoms with Gasteiger partial charge in [0, 0.05) is 31.3 Å². The molecule has 0 aromatic rings. The van der Waals surface area contributed by atoms with Gasteiger partial charge in [-0.2, -0.15) is 0 Å². The molecule has 0 atom stereocenters. The Labute approximate surface area is 156 Å². The van der Waals surface area contributed by atoms with Crippen LogP contribution in [0.25, 0.3) is 0 Å². The third-order valence-corrected chi connectivity index (χ3v) is 4.49. The molecule has 1 fully saturated rings. The number of ether oxygens (including phenoxy) is 2. The summed E-state index contributed by atoms with van der Waals surface area (Å²) in [5.41, 5.74) is 0. The normalized spacial score (nSPS) is 20.0. The molecule has 0 aliphatic heterocycles. The number of hydrogen-bond acceptors (Lipinski definition) is 5. The fraction of sp³-hybridized carbons (Fsp3) is 0.842. The van der Waals surface area contributed by atoms with Gasteiger partial charge in [0.25, 0.3) is 0 Å². The van der Waals surface area contributed by atoms with Crippen molar-refractivity contribution in [3.8, 4) is 0 Å². The number of rotatable bonds is 12. The molecule has 1 aliphatic carbocycles. The van der Waals surface area contributed by atoms with E-state index in [1.165, 1.54) is 0 Å². The fourth-order valence-corrected chi connectivity index (χ4v) is 2.97. The first-order valence-corrected chi connectivity index (χ1v) is 9.70. The molecule has 0 bridgehead atoms. The molecule has 0 heterocycles. The Bertz CT molecular complexity index is 445. The lowest BCUT2D eigenvalue weighted by Crippen LogP contribution is -2.39. The van der Waals surface area contributed by atoms with Gasteiger partial charge in [-0.1, -0.05) is 6.92 Å². The predicted molar refractivity (Wildman–Crippen MR) is 98.7 cm³/mol. The minimum absolute atomic E-state index is 0.0235. The van der Waals surface area contributed by atoms with Gasteiger partial charge >= 0.3 is 0 Å². The number of carbonyl (C=O) groups excluding carboxylic acids is 3. The van der Waals surface area contributed by atoms with Crippen molar-refractivity contribution in [1.82, 2.24) is 10.6 Å². The average molecular weight is 370 g/mol. The number of Topliss-reactive ketones (excluding diaryl/α,β-unsaturated/α-hetero) is 1. The largest absolute Gasteiger partial charge is 0.379 e. The summed E-state index contributed by atoms with van der Waals surface area (Å²) in [4.78, 5) is 35.0. The van der Waals surface area contributed by atoms with Crippen LogP contribution < -0.4 is 10.6 Å². The van der Waals surface area contributed by atoms with Crippen LogP contribution >= 0.6 is 0 Å². The maximum atomic E-state index is 11.9. The standard InChI is InChI=1S/C19H34N2O5/c1-4-17(22)15-5-7-16(8-6-15)21-18(23)9-11-25-12-10-20-19(24)13-26-14(2)3/h14-16H,4-13H2,1-3H3,(H,20,24)(H,21,23). The van der Waals surface area contributed by atoms with Crippen LogP contribution in [0, 0.1) is 5.92 Å². The molecule has 2 amide bonds. The Kier molecular flexibility index (Phi) is 11.1. The van der Waals surface area contributed by atoms with Gasteiger partial charge in [-0.05, 0) is 39.5 Å². The second-order valence-electron chi connectivity index (χ2n) is 7.01. The second-order valence-corrected chi connectivity index (χ2v) is 7.01. The molecule has 1 saturated carbocycles. The highest BCUT2D eigenvalue weighted by Crippen LogP contribution is 2.25. The summed E-state index contributed by atoms with van der Waals surface area (Å²) in [5.74, 6) is 0.325. The van der Waals surface area contributed by atoms with Crippen LogP contribution in [0.5, 0.6) is 0 Å². The van der Waals surface area contributed by atoms with Crippen LogP contribution in [-0.4, -0.2) is 56.1 Å². The number of ketones is 1. The van der Waals surface area contributed by atoms with E-state index in [2.05, 4.69) is 10.6 Å². The van der Waals surface area contributed by atoms with Gasteiger partial charge < -0.3 is 20.1 Å². The summed E-state index contributed by atoms with van der Waals surface area (Å²) >= 11 is 0. The molecule has 7 heteroatoms. The highest BCUT2D eigenvalue weighted by atomic mass is 16.5. The van der Waals surface area contributed by atoms with Gasteiger partial charge in [0.15, 0.2) is 0 Å². The lowest BCUT2D eigenvalue weighted by atomic mass is 9.83. The third-order valence-electron chi connectivity index (χ3n) is 4.49. The Hall–Kier alpha value is -1.47. The van der Waals surface area contributed by atoms with Gasteiger partial charge in [0.05, 0.1) is 19.3 Å². The summed E-state index contributed by atoms with van der Waals surface area (Å²) < 4.78 is 10.6. The van der Waals surface area contributed by atoms with E-state index in [1.54, 1.807) is 0 Å². The molecule has 26 heavy (non-hydrogen) atoms. The van der Waals surface area contributed by atoms with E-state index >= 15 is 0 Å². The minimum atomic E-state index is -0.169. The van der Waals surface area contributed by atoms with E-state index in [9.17, 15) is 14.4 Å². The number of amides is 2. The summed E-state index contributed by atoms with van der Waals surface area (Å²) in [7, 11) is 0. The number of carbonyl (C=O) groups is 3. The molecule has 7 nitrogen and oxygen atoms in total. The van der Waals surface area contributed by atoms with Crippen molar-refractivity contribution in [3.63, 3.8) is 0 Å². The molecule has 0 aromatic carbocycles. The first-order chi connectivity index (χ1) is 12.4. The Morgan fingerprint density at radius 2 is 1.73 bits per heavy atom. The Morgan fingerprint density at radius 3 is 2.35 bits per heavy atom. The van der Waals surface area contributed by atoms with Crippen LogP contribution in [0.1, 0.15) is 59.3 Å². The van der Waals surface area contributed by atoms with Crippen molar-refractivity contribution >= 4 is 17.6 Å². The molecular weight excluding hydrogens is 336 g/mol. The zero-order chi connectivity index (χ0) is 19.4. The van der Waals surface area contributed by atoms with Crippen LogP contribution in [0.3, 0.4) is 0 Å². The molecule has 0 radical (unpaired) electrons. The van der Waals surface area contributed by atoms with E-state index in [-0.39, 0.29) is 36.5 Å². The fourth-order valence-electron chi connectivity index (χ4n) is 2.97. The molecule has 0 spiro atoms. The van der Waals surface area contributed by atoms with Crippen molar-refractivity contribution in [2.24, 2.45) is 5.92 Å². The third kappa shape index (κ3) is 9.87. The smallest absolute Gasteiger partial charge is 0.246 e. The maximum absolute atomic E-state index is 11.9. The molecule has 0 aromatic heterocycles. The molecule has 0 saturated heterocycles. The molecule has 1 aliphatic rings. The summed E-state index contributed by atoms with van der Waals surface area (Å²) in [6.07, 6.45) is 4.41. The zero-order valence-corrected chi connectivity index (χ0v) is 16.3. The molecule has 0 unspecified atom stereocenters. The first kappa shape index (κ1) is 22.6. The van der Waals surface area contributed by atoms with Crippen LogP contribution in [0.2, 0.25) is 0 Å². The first-order valence-electron chi connectivity index (χ1n) is 9.70. The lowest BCUT2D eigenvalue weighted by Gasteiger charge is -2.28. The quantitative estimate of drug-likeness (QED) is 0.509. The van der Waals surface area contributed by atoms with Crippen molar-refractivity contribution < 1.29 is 23.9 Å². The number of nitrogens with one attached hydrogen (secondary N) is 2. The lowest BCUT2D eigenvalue weighted by molar-refractivity contribution is -0.128. The van der Waals surface area contributed by atoms with Gasteiger partial charge in [0.2, 0.25) is 11.8 Å². The monoisotopic (exact) mass is 370 g/mol. The molecule has 150 valence electrons. The second kappa shape index (κ2) is 12.8. The van der Waals surface area contributed by atoms with Crippen LogP contribution in [0.15, 0.2) is 0 Å². The Balaban J connectivity index is 2.01. The zero-order valence-electron chi connectivity index (χ0n) is 16.3.